The lowest BCUT2D eigenvalue weighted by molar-refractivity contribution is -0.571. The lowest BCUT2D eigenvalue weighted by atomic mass is 9.88. The van der Waals surface area contributed by atoms with Gasteiger partial charge in [0.15, 0.2) is 0 Å². The maximum Gasteiger partial charge on any atom is 0.416 e. The van der Waals surface area contributed by atoms with E-state index in [1.54, 1.807) is 51.7 Å². The SMILES string of the molecule is [2H]c1c([2H])c([2H])c(-c2cccc(-c3c([2H])c([2H])c([2H])c([2H])c3[2H])c2-[n+]2[c-]n(-c3cccc(N(c4ccc(C(F)(F)F)cc4)c4ccc5c6ccccc6n(-c6cc(C(C)(C)C)ccn6)c5c4)c3)c3ccccc32)c([2H])c1[2H]. The molecule has 67 heavy (non-hydrogen) atoms. The number of imidazole rings is 1. The molecule has 0 aliphatic rings. The first-order valence-electron chi connectivity index (χ1n) is 26.5. The summed E-state index contributed by atoms with van der Waals surface area (Å²) < 4.78 is 135. The summed E-state index contributed by atoms with van der Waals surface area (Å²) in [6.45, 7) is 6.39. The summed E-state index contributed by atoms with van der Waals surface area (Å²) in [5.41, 5.74) is 4.76. The molecule has 0 radical (unpaired) electrons. The van der Waals surface area contributed by atoms with Gasteiger partial charge in [0.05, 0.1) is 52.7 Å². The van der Waals surface area contributed by atoms with Crippen LogP contribution in [0.4, 0.5) is 30.2 Å². The van der Waals surface area contributed by atoms with Gasteiger partial charge in [0.1, 0.15) is 5.82 Å². The van der Waals surface area contributed by atoms with Gasteiger partial charge in [0, 0.05) is 34.0 Å². The van der Waals surface area contributed by atoms with Crippen molar-refractivity contribution in [2.45, 2.75) is 32.4 Å². The van der Waals surface area contributed by atoms with Crippen molar-refractivity contribution in [1.29, 1.82) is 0 Å². The van der Waals surface area contributed by atoms with Crippen LogP contribution in [-0.4, -0.2) is 14.1 Å². The Bertz CT molecular complexity index is 4080. The van der Waals surface area contributed by atoms with Crippen LogP contribution in [0.1, 0.15) is 45.6 Å². The van der Waals surface area contributed by atoms with Crippen LogP contribution < -0.4 is 9.47 Å². The van der Waals surface area contributed by atoms with Crippen molar-refractivity contribution in [1.82, 2.24) is 14.1 Å². The Morgan fingerprint density at radius 1 is 0.567 bits per heavy atom. The molecule has 11 rings (SSSR count). The Balaban J connectivity index is 1.16. The van der Waals surface area contributed by atoms with Crippen LogP contribution in [0, 0.1) is 6.33 Å². The summed E-state index contributed by atoms with van der Waals surface area (Å²) in [7, 11) is 0. The van der Waals surface area contributed by atoms with Crippen LogP contribution in [0.5, 0.6) is 0 Å². The second-order valence-electron chi connectivity index (χ2n) is 17.1. The van der Waals surface area contributed by atoms with Crippen LogP contribution in [0.15, 0.2) is 212 Å². The molecule has 8 heteroatoms. The number of rotatable bonds is 8. The largest absolute Gasteiger partial charge is 0.416 e. The highest BCUT2D eigenvalue weighted by Crippen LogP contribution is 2.42. The maximum absolute atomic E-state index is 14.2. The zero-order valence-electron chi connectivity index (χ0n) is 46.3. The van der Waals surface area contributed by atoms with Crippen molar-refractivity contribution in [3.8, 4) is 39.4 Å². The average molecular weight is 890 g/mol. The number of anilines is 3. The Morgan fingerprint density at radius 3 is 1.87 bits per heavy atom. The minimum absolute atomic E-state index is 0.0887. The van der Waals surface area contributed by atoms with Gasteiger partial charge in [0.25, 0.3) is 6.33 Å². The second-order valence-corrected chi connectivity index (χ2v) is 17.1. The number of alkyl halides is 3. The molecule has 3 heterocycles. The smallest absolute Gasteiger partial charge is 0.311 e. The van der Waals surface area contributed by atoms with E-state index in [0.717, 1.165) is 39.5 Å². The van der Waals surface area contributed by atoms with Crippen LogP contribution in [0.3, 0.4) is 0 Å². The van der Waals surface area contributed by atoms with Crippen molar-refractivity contribution in [3.63, 3.8) is 0 Å². The highest BCUT2D eigenvalue weighted by molar-refractivity contribution is 6.10. The number of hydrogen-bond acceptors (Lipinski definition) is 2. The third-order valence-corrected chi connectivity index (χ3v) is 11.9. The fourth-order valence-corrected chi connectivity index (χ4v) is 8.74. The summed E-state index contributed by atoms with van der Waals surface area (Å²) in [5, 5.41) is 1.91. The number of pyridine rings is 1. The van der Waals surface area contributed by atoms with E-state index in [4.69, 9.17) is 18.7 Å². The second kappa shape index (κ2) is 16.3. The fraction of sp³-hybridized carbons (Fsp3) is 0.0847. The molecule has 0 saturated heterocycles. The maximum atomic E-state index is 14.2. The van der Waals surface area contributed by atoms with Crippen LogP contribution in [-0.2, 0) is 11.6 Å². The van der Waals surface area contributed by atoms with Gasteiger partial charge in [-0.15, -0.1) is 0 Å². The number of benzene rings is 8. The first-order chi connectivity index (χ1) is 36.6. The Hall–Kier alpha value is -8.23. The third kappa shape index (κ3) is 7.50. The number of halogens is 3. The van der Waals surface area contributed by atoms with Gasteiger partial charge in [-0.25, -0.2) is 4.98 Å². The number of aromatic nitrogens is 4. The van der Waals surface area contributed by atoms with Gasteiger partial charge >= 0.3 is 6.18 Å². The van der Waals surface area contributed by atoms with Crippen molar-refractivity contribution < 1.29 is 31.4 Å². The quantitative estimate of drug-likeness (QED) is 0.112. The molecule has 5 nitrogen and oxygen atoms in total. The van der Waals surface area contributed by atoms with Gasteiger partial charge in [-0.2, -0.15) is 13.2 Å². The summed E-state index contributed by atoms with van der Waals surface area (Å²) in [6.07, 6.45) is 0.618. The van der Waals surface area contributed by atoms with Crippen molar-refractivity contribution in [2.24, 2.45) is 0 Å². The Kier molecular flexibility index (Phi) is 7.71. The molecular weight excluding hydrogens is 836 g/mol. The topological polar surface area (TPSA) is 29.9 Å². The molecule has 326 valence electrons. The molecular formula is C59H44F3N5. The van der Waals surface area contributed by atoms with Crippen molar-refractivity contribution >= 4 is 49.9 Å². The van der Waals surface area contributed by atoms with E-state index >= 15 is 0 Å². The van der Waals surface area contributed by atoms with Crippen LogP contribution in [0.25, 0.3) is 72.3 Å². The summed E-state index contributed by atoms with van der Waals surface area (Å²) in [5.74, 6) is 0.690. The van der Waals surface area contributed by atoms with Gasteiger partial charge < -0.3 is 4.90 Å². The van der Waals surface area contributed by atoms with E-state index in [-0.39, 0.29) is 33.4 Å². The third-order valence-electron chi connectivity index (χ3n) is 11.9. The van der Waals surface area contributed by atoms with Gasteiger partial charge in [-0.05, 0) is 106 Å². The average Bonchev–Trinajstić information content (AvgIpc) is 4.03. The molecule has 0 aliphatic heterocycles. The van der Waals surface area contributed by atoms with E-state index < -0.39 is 72.2 Å². The molecule has 3 aromatic heterocycles. The summed E-state index contributed by atoms with van der Waals surface area (Å²) >= 11 is 0. The lowest BCUT2D eigenvalue weighted by Gasteiger charge is -2.27. The normalized spacial score (nSPS) is 14.1. The fourth-order valence-electron chi connectivity index (χ4n) is 8.74. The summed E-state index contributed by atoms with van der Waals surface area (Å²) in [4.78, 5) is 6.70. The lowest BCUT2D eigenvalue weighted by Crippen LogP contribution is -2.31. The minimum Gasteiger partial charge on any atom is -0.311 e. The number of para-hydroxylation sites is 4. The zero-order chi connectivity index (χ0) is 54.6. The predicted octanol–water partition coefficient (Wildman–Crippen LogP) is 15.3. The number of fused-ring (bicyclic) bond motifs is 4. The van der Waals surface area contributed by atoms with Gasteiger partial charge in [0.2, 0.25) is 0 Å². The molecule has 8 aromatic carbocycles. The zero-order valence-corrected chi connectivity index (χ0v) is 36.3. The first-order valence-corrected chi connectivity index (χ1v) is 21.5. The standard InChI is InChI=1S/C59H44F3N5/c1-58(2,3)43-34-35-63-56(36-43)67-52-25-11-10-22-50(52)51-33-32-47(38-55(51)67)66(44-30-28-42(29-31-44)59(60,61)62)46-21-14-20-45(37-46)64-39-65(54-27-13-12-26-53(54)64)57-48(40-16-6-4-7-17-40)23-15-24-49(57)41-18-8-5-9-19-41/h4-38H,1-3H3/i4D,5D,6D,7D,8D,9D,16D,17D,18D,19D. The first kappa shape index (κ1) is 31.6. The number of hydrogen-bond donors (Lipinski definition) is 0. The van der Waals surface area contributed by atoms with Gasteiger partial charge in [-0.3, -0.25) is 13.7 Å². The van der Waals surface area contributed by atoms with E-state index in [1.807, 2.05) is 77.7 Å². The highest BCUT2D eigenvalue weighted by atomic mass is 19.4. The molecule has 0 N–H and O–H groups in total. The molecule has 0 bridgehead atoms. The van der Waals surface area contributed by atoms with Crippen LogP contribution in [0.2, 0.25) is 0 Å². The molecule has 0 unspecified atom stereocenters. The highest BCUT2D eigenvalue weighted by Gasteiger charge is 2.31. The molecule has 0 aliphatic carbocycles. The monoisotopic (exact) mass is 889 g/mol. The van der Waals surface area contributed by atoms with E-state index in [0.29, 0.717) is 39.6 Å². The molecule has 0 saturated carbocycles. The van der Waals surface area contributed by atoms with Crippen molar-refractivity contribution in [2.75, 3.05) is 4.90 Å². The molecule has 0 atom stereocenters. The molecule has 0 amide bonds. The predicted molar refractivity (Wildman–Crippen MR) is 265 cm³/mol. The molecule has 0 spiro atoms. The van der Waals surface area contributed by atoms with Crippen molar-refractivity contribution in [3.05, 3.63) is 230 Å². The van der Waals surface area contributed by atoms with E-state index in [2.05, 4.69) is 37.7 Å². The van der Waals surface area contributed by atoms with Crippen LogP contribution >= 0.6 is 0 Å². The Morgan fingerprint density at radius 2 is 1.18 bits per heavy atom. The molecule has 11 aromatic rings. The molecule has 0 fully saturated rings. The Labute approximate surface area is 400 Å². The number of nitrogens with zero attached hydrogens (tertiary/aromatic N) is 5. The van der Waals surface area contributed by atoms with E-state index in [9.17, 15) is 13.2 Å². The minimum atomic E-state index is -4.60. The van der Waals surface area contributed by atoms with E-state index in [1.165, 1.54) is 18.2 Å². The summed E-state index contributed by atoms with van der Waals surface area (Å²) in [6, 6.07) is 36.2. The van der Waals surface area contributed by atoms with Gasteiger partial charge in [-0.1, -0.05) is 154 Å².